The molecule has 3 aromatic rings. The van der Waals surface area contributed by atoms with Crippen LogP contribution in [0, 0.1) is 0 Å². The van der Waals surface area contributed by atoms with E-state index in [-0.39, 0.29) is 12.2 Å². The van der Waals surface area contributed by atoms with Crippen LogP contribution in [0.5, 0.6) is 23.0 Å². The second-order valence-electron chi connectivity index (χ2n) is 8.66. The summed E-state index contributed by atoms with van der Waals surface area (Å²) in [5.74, 6) is 1.62. The number of allylic oxidation sites excluding steroid dienone is 1. The third kappa shape index (κ3) is 5.67. The molecule has 4 rings (SSSR count). The van der Waals surface area contributed by atoms with E-state index in [0.717, 1.165) is 5.56 Å². The average molecular weight is 565 g/mol. The van der Waals surface area contributed by atoms with Crippen molar-refractivity contribution in [3.05, 3.63) is 91.1 Å². The summed E-state index contributed by atoms with van der Waals surface area (Å²) in [6, 6.07) is 10.0. The maximum absolute atomic E-state index is 13.9. The number of carbonyl (C=O) groups excluding carboxylic acids is 1. The molecule has 1 aromatic heterocycles. The first-order valence-corrected chi connectivity index (χ1v) is 13.6. The molecule has 1 aliphatic rings. The Morgan fingerprint density at radius 1 is 1.02 bits per heavy atom. The van der Waals surface area contributed by atoms with Crippen LogP contribution in [0.4, 0.5) is 0 Å². The van der Waals surface area contributed by atoms with Crippen LogP contribution in [0.1, 0.15) is 37.9 Å². The smallest absolute Gasteiger partial charge is 0.338 e. The van der Waals surface area contributed by atoms with E-state index in [4.69, 9.17) is 23.7 Å². The highest BCUT2D eigenvalue weighted by atomic mass is 32.1. The van der Waals surface area contributed by atoms with Crippen molar-refractivity contribution in [3.63, 3.8) is 0 Å². The van der Waals surface area contributed by atoms with Gasteiger partial charge in [0.15, 0.2) is 27.8 Å². The lowest BCUT2D eigenvalue weighted by Gasteiger charge is -2.25. The summed E-state index contributed by atoms with van der Waals surface area (Å²) in [7, 11) is 3.11. The van der Waals surface area contributed by atoms with E-state index in [1.54, 1.807) is 64.5 Å². The van der Waals surface area contributed by atoms with Crippen molar-refractivity contribution in [1.82, 2.24) is 4.57 Å². The molecule has 0 saturated heterocycles. The van der Waals surface area contributed by atoms with Gasteiger partial charge >= 0.3 is 5.97 Å². The third-order valence-electron chi connectivity index (χ3n) is 6.16. The van der Waals surface area contributed by atoms with E-state index in [1.165, 1.54) is 15.9 Å². The SMILES string of the molecule is C=CCOc1ccc(/C=c2\sc3n(c2=O)[C@H](c2ccc(OC)c(OCC)c2)C(C(=O)OCC)=C(C)N=3)cc1OC. The number of benzene rings is 2. The van der Waals surface area contributed by atoms with Crippen LogP contribution in [-0.4, -0.2) is 44.6 Å². The number of nitrogens with zero attached hydrogens (tertiary/aromatic N) is 2. The number of hydrogen-bond donors (Lipinski definition) is 0. The van der Waals surface area contributed by atoms with Crippen LogP contribution in [0.25, 0.3) is 6.08 Å². The van der Waals surface area contributed by atoms with Gasteiger partial charge in [-0.05, 0) is 62.2 Å². The molecule has 2 aromatic carbocycles. The zero-order valence-electron chi connectivity index (χ0n) is 23.2. The van der Waals surface area contributed by atoms with Crippen molar-refractivity contribution in [2.24, 2.45) is 4.99 Å². The standard InChI is InChI=1S/C30H32N2O7S/c1-7-14-39-22-12-10-19(15-23(22)36-6)16-25-28(33)32-27(20-11-13-21(35-5)24(17-20)37-8-2)26(29(34)38-9-3)18(4)31-30(32)40-25/h7,10-13,15-17,27H,1,8-9,14H2,2-6H3/b25-16-/t27-/m1/s1. The Morgan fingerprint density at radius 2 is 1.77 bits per heavy atom. The number of methoxy groups -OCH3 is 2. The van der Waals surface area contributed by atoms with Gasteiger partial charge in [-0.3, -0.25) is 9.36 Å². The van der Waals surface area contributed by atoms with E-state index in [9.17, 15) is 9.59 Å². The average Bonchev–Trinajstić information content (AvgIpc) is 3.25. The number of thiazole rings is 1. The Labute approximate surface area is 236 Å². The van der Waals surface area contributed by atoms with E-state index in [0.29, 0.717) is 62.4 Å². The summed E-state index contributed by atoms with van der Waals surface area (Å²) in [4.78, 5) is 32.2. The Morgan fingerprint density at radius 3 is 2.45 bits per heavy atom. The number of ether oxygens (including phenoxy) is 5. The number of carbonyl (C=O) groups is 1. The molecule has 1 aliphatic heterocycles. The van der Waals surface area contributed by atoms with Crippen LogP contribution >= 0.6 is 11.3 Å². The molecule has 9 nitrogen and oxygen atoms in total. The van der Waals surface area contributed by atoms with Crippen LogP contribution in [0.15, 0.2) is 70.1 Å². The van der Waals surface area contributed by atoms with Gasteiger partial charge in [0.2, 0.25) is 0 Å². The number of esters is 1. The minimum Gasteiger partial charge on any atom is -0.493 e. The van der Waals surface area contributed by atoms with E-state index in [2.05, 4.69) is 11.6 Å². The maximum Gasteiger partial charge on any atom is 0.338 e. The molecule has 0 spiro atoms. The molecule has 210 valence electrons. The number of rotatable bonds is 11. The van der Waals surface area contributed by atoms with Crippen molar-refractivity contribution < 1.29 is 28.5 Å². The van der Waals surface area contributed by atoms with Crippen molar-refractivity contribution in [3.8, 4) is 23.0 Å². The molecule has 10 heteroatoms. The Balaban J connectivity index is 1.90. The number of aromatic nitrogens is 1. The van der Waals surface area contributed by atoms with Gasteiger partial charge in [0.05, 0.1) is 49.3 Å². The van der Waals surface area contributed by atoms with Gasteiger partial charge in [-0.25, -0.2) is 9.79 Å². The largest absolute Gasteiger partial charge is 0.493 e. The molecule has 0 fully saturated rings. The summed E-state index contributed by atoms with van der Waals surface area (Å²) in [5, 5.41) is 0. The van der Waals surface area contributed by atoms with E-state index < -0.39 is 12.0 Å². The normalized spacial score (nSPS) is 14.7. The highest BCUT2D eigenvalue weighted by Crippen LogP contribution is 2.36. The number of hydrogen-bond acceptors (Lipinski definition) is 9. The lowest BCUT2D eigenvalue weighted by atomic mass is 9.95. The first-order valence-electron chi connectivity index (χ1n) is 12.8. The molecule has 0 radical (unpaired) electrons. The highest BCUT2D eigenvalue weighted by molar-refractivity contribution is 7.07. The van der Waals surface area contributed by atoms with Crippen molar-refractivity contribution >= 4 is 23.4 Å². The van der Waals surface area contributed by atoms with Crippen LogP contribution in [0.3, 0.4) is 0 Å². The fraction of sp³-hybridized carbons (Fsp3) is 0.300. The van der Waals surface area contributed by atoms with Crippen LogP contribution in [0.2, 0.25) is 0 Å². The molecule has 0 saturated carbocycles. The predicted octanol–water partition coefficient (Wildman–Crippen LogP) is 3.78. The minimum absolute atomic E-state index is 0.188. The molecule has 1 atom stereocenters. The van der Waals surface area contributed by atoms with Crippen LogP contribution in [-0.2, 0) is 9.53 Å². The van der Waals surface area contributed by atoms with Crippen molar-refractivity contribution in [2.75, 3.05) is 34.0 Å². The molecule has 2 heterocycles. The fourth-order valence-electron chi connectivity index (χ4n) is 4.43. The van der Waals surface area contributed by atoms with E-state index >= 15 is 0 Å². The summed E-state index contributed by atoms with van der Waals surface area (Å²) in [5.41, 5.74) is 1.89. The topological polar surface area (TPSA) is 97.6 Å². The van der Waals surface area contributed by atoms with Gasteiger partial charge < -0.3 is 23.7 Å². The maximum atomic E-state index is 13.9. The molecule has 0 aliphatic carbocycles. The summed E-state index contributed by atoms with van der Waals surface area (Å²) >= 11 is 1.24. The Hall–Kier alpha value is -4.31. The zero-order chi connectivity index (χ0) is 28.8. The summed E-state index contributed by atoms with van der Waals surface area (Å²) in [6.07, 6.45) is 3.42. The molecule has 0 N–H and O–H groups in total. The highest BCUT2D eigenvalue weighted by Gasteiger charge is 2.34. The molecule has 0 bridgehead atoms. The fourth-order valence-corrected chi connectivity index (χ4v) is 5.48. The minimum atomic E-state index is -0.772. The Kier molecular flexibility index (Phi) is 9.11. The van der Waals surface area contributed by atoms with Gasteiger partial charge in [0, 0.05) is 0 Å². The Bertz CT molecular complexity index is 1630. The summed E-state index contributed by atoms with van der Waals surface area (Å²) in [6.45, 7) is 9.97. The second-order valence-corrected chi connectivity index (χ2v) is 9.66. The lowest BCUT2D eigenvalue weighted by Crippen LogP contribution is -2.40. The second kappa shape index (κ2) is 12.7. The monoisotopic (exact) mass is 564 g/mol. The number of fused-ring (bicyclic) bond motifs is 1. The molecule has 40 heavy (non-hydrogen) atoms. The van der Waals surface area contributed by atoms with Gasteiger partial charge in [-0.15, -0.1) is 0 Å². The first-order chi connectivity index (χ1) is 19.4. The van der Waals surface area contributed by atoms with E-state index in [1.807, 2.05) is 19.1 Å². The van der Waals surface area contributed by atoms with Gasteiger partial charge in [-0.2, -0.15) is 0 Å². The lowest BCUT2D eigenvalue weighted by molar-refractivity contribution is -0.139. The van der Waals surface area contributed by atoms with Gasteiger partial charge in [0.25, 0.3) is 5.56 Å². The van der Waals surface area contributed by atoms with Crippen LogP contribution < -0.4 is 33.8 Å². The zero-order valence-corrected chi connectivity index (χ0v) is 24.0. The molecular formula is C30H32N2O7S. The quantitative estimate of drug-likeness (QED) is 0.258. The molecule has 0 amide bonds. The van der Waals surface area contributed by atoms with Gasteiger partial charge in [0.1, 0.15) is 6.61 Å². The third-order valence-corrected chi connectivity index (χ3v) is 7.15. The molecular weight excluding hydrogens is 532 g/mol. The predicted molar refractivity (Wildman–Crippen MR) is 153 cm³/mol. The first kappa shape index (κ1) is 28.7. The van der Waals surface area contributed by atoms with Gasteiger partial charge in [-0.1, -0.05) is 36.1 Å². The van der Waals surface area contributed by atoms with Crippen molar-refractivity contribution in [1.29, 1.82) is 0 Å². The molecule has 0 unspecified atom stereocenters. The summed E-state index contributed by atoms with van der Waals surface area (Å²) < 4.78 is 29.7. The van der Waals surface area contributed by atoms with Crippen molar-refractivity contribution in [2.45, 2.75) is 26.8 Å².